The topological polar surface area (TPSA) is 67.9 Å². The largest absolute Gasteiger partial charge is 0.479 e. The number of hydrogen-bond acceptors (Lipinski definition) is 5. The number of hydrogen-bond donors (Lipinski definition) is 1. The van der Waals surface area contributed by atoms with Crippen LogP contribution in [0.3, 0.4) is 0 Å². The SMILES string of the molecule is Cc1cccc(O[C@H](C)C(=O)OCC(=O)NCc2ccc(N(C)C)cc2)c1. The molecule has 144 valence electrons. The highest BCUT2D eigenvalue weighted by Crippen LogP contribution is 2.14. The molecule has 0 saturated heterocycles. The number of amides is 1. The van der Waals surface area contributed by atoms with Crippen LogP contribution in [0.25, 0.3) is 0 Å². The van der Waals surface area contributed by atoms with Crippen molar-refractivity contribution < 1.29 is 19.1 Å². The van der Waals surface area contributed by atoms with Gasteiger partial charge in [0.1, 0.15) is 5.75 Å². The smallest absolute Gasteiger partial charge is 0.347 e. The second-order valence-electron chi connectivity index (χ2n) is 6.52. The summed E-state index contributed by atoms with van der Waals surface area (Å²) in [7, 11) is 3.93. The van der Waals surface area contributed by atoms with Crippen molar-refractivity contribution in [1.82, 2.24) is 5.32 Å². The first-order valence-electron chi connectivity index (χ1n) is 8.78. The summed E-state index contributed by atoms with van der Waals surface area (Å²) in [6.07, 6.45) is -0.793. The third-order valence-electron chi connectivity index (χ3n) is 3.92. The minimum atomic E-state index is -0.793. The molecule has 0 unspecified atom stereocenters. The van der Waals surface area contributed by atoms with Crippen molar-refractivity contribution in [3.05, 3.63) is 59.7 Å². The lowest BCUT2D eigenvalue weighted by Crippen LogP contribution is -2.32. The molecule has 0 aromatic heterocycles. The fourth-order valence-electron chi connectivity index (χ4n) is 2.36. The number of ether oxygens (including phenoxy) is 2. The molecule has 6 heteroatoms. The van der Waals surface area contributed by atoms with E-state index in [4.69, 9.17) is 9.47 Å². The number of benzene rings is 2. The van der Waals surface area contributed by atoms with E-state index < -0.39 is 12.1 Å². The molecular formula is C21H26N2O4. The molecule has 2 aromatic rings. The van der Waals surface area contributed by atoms with E-state index in [0.717, 1.165) is 16.8 Å². The molecule has 2 rings (SSSR count). The van der Waals surface area contributed by atoms with E-state index in [0.29, 0.717) is 12.3 Å². The zero-order chi connectivity index (χ0) is 19.8. The average Bonchev–Trinajstić information content (AvgIpc) is 2.64. The van der Waals surface area contributed by atoms with Gasteiger partial charge in [-0.25, -0.2) is 4.79 Å². The minimum absolute atomic E-state index is 0.337. The third kappa shape index (κ3) is 6.66. The Labute approximate surface area is 160 Å². The summed E-state index contributed by atoms with van der Waals surface area (Å²) in [5.41, 5.74) is 3.09. The molecule has 1 atom stereocenters. The Morgan fingerprint density at radius 1 is 1.11 bits per heavy atom. The van der Waals surface area contributed by atoms with E-state index in [1.54, 1.807) is 13.0 Å². The van der Waals surface area contributed by atoms with Gasteiger partial charge in [0.25, 0.3) is 5.91 Å². The molecule has 2 aromatic carbocycles. The first-order valence-corrected chi connectivity index (χ1v) is 8.78. The molecule has 0 aliphatic heterocycles. The lowest BCUT2D eigenvalue weighted by atomic mass is 10.2. The van der Waals surface area contributed by atoms with Gasteiger partial charge in [0.15, 0.2) is 12.7 Å². The van der Waals surface area contributed by atoms with Gasteiger partial charge in [-0.15, -0.1) is 0 Å². The van der Waals surface area contributed by atoms with Gasteiger partial charge < -0.3 is 19.7 Å². The highest BCUT2D eigenvalue weighted by atomic mass is 16.6. The van der Waals surface area contributed by atoms with Gasteiger partial charge in [-0.1, -0.05) is 24.3 Å². The number of carbonyl (C=O) groups is 2. The monoisotopic (exact) mass is 370 g/mol. The lowest BCUT2D eigenvalue weighted by Gasteiger charge is -2.14. The molecule has 27 heavy (non-hydrogen) atoms. The summed E-state index contributed by atoms with van der Waals surface area (Å²) in [6, 6.07) is 15.2. The van der Waals surface area contributed by atoms with Crippen LogP contribution in [0.4, 0.5) is 5.69 Å². The van der Waals surface area contributed by atoms with Crippen molar-refractivity contribution in [2.75, 3.05) is 25.6 Å². The molecule has 6 nitrogen and oxygen atoms in total. The zero-order valence-electron chi connectivity index (χ0n) is 16.2. The number of carbonyl (C=O) groups excluding carboxylic acids is 2. The summed E-state index contributed by atoms with van der Waals surface area (Å²) < 4.78 is 10.6. The van der Waals surface area contributed by atoms with E-state index in [2.05, 4.69) is 5.32 Å². The number of anilines is 1. The summed E-state index contributed by atoms with van der Waals surface area (Å²) >= 11 is 0. The molecule has 0 spiro atoms. The lowest BCUT2D eigenvalue weighted by molar-refractivity contribution is -0.154. The molecule has 1 amide bonds. The maximum absolute atomic E-state index is 12.0. The molecule has 0 aliphatic carbocycles. The molecule has 0 aliphatic rings. The molecular weight excluding hydrogens is 344 g/mol. The molecule has 0 bridgehead atoms. The number of rotatable bonds is 8. The van der Waals surface area contributed by atoms with E-state index in [1.807, 2.05) is 68.4 Å². The Balaban J connectivity index is 1.73. The van der Waals surface area contributed by atoms with Gasteiger partial charge in [-0.05, 0) is 49.2 Å². The van der Waals surface area contributed by atoms with E-state index >= 15 is 0 Å². The van der Waals surface area contributed by atoms with Crippen molar-refractivity contribution in [3.8, 4) is 5.75 Å². The fourth-order valence-corrected chi connectivity index (χ4v) is 2.36. The summed E-state index contributed by atoms with van der Waals surface area (Å²) in [6.45, 7) is 3.57. The Bertz CT molecular complexity index is 772. The van der Waals surface area contributed by atoms with Crippen LogP contribution < -0.4 is 15.0 Å². The Hall–Kier alpha value is -3.02. The first kappa shape index (κ1) is 20.3. The molecule has 0 heterocycles. The second kappa shape index (κ2) is 9.62. The molecule has 0 saturated carbocycles. The van der Waals surface area contributed by atoms with Gasteiger partial charge in [0.05, 0.1) is 0 Å². The van der Waals surface area contributed by atoms with Crippen LogP contribution in [0.2, 0.25) is 0 Å². The molecule has 0 fully saturated rings. The predicted octanol–water partition coefficient (Wildman–Crippen LogP) is 2.69. The van der Waals surface area contributed by atoms with Crippen LogP contribution in [0.5, 0.6) is 5.75 Å². The van der Waals surface area contributed by atoms with Crippen molar-refractivity contribution in [2.24, 2.45) is 0 Å². The average molecular weight is 370 g/mol. The van der Waals surface area contributed by atoms with Gasteiger partial charge in [0.2, 0.25) is 0 Å². The van der Waals surface area contributed by atoms with E-state index in [-0.39, 0.29) is 12.5 Å². The van der Waals surface area contributed by atoms with Crippen LogP contribution in [0.15, 0.2) is 48.5 Å². The number of nitrogens with one attached hydrogen (secondary N) is 1. The van der Waals surface area contributed by atoms with Crippen molar-refractivity contribution >= 4 is 17.6 Å². The maximum atomic E-state index is 12.0. The van der Waals surface area contributed by atoms with Crippen molar-refractivity contribution in [1.29, 1.82) is 0 Å². The minimum Gasteiger partial charge on any atom is -0.479 e. The van der Waals surface area contributed by atoms with Crippen molar-refractivity contribution in [3.63, 3.8) is 0 Å². The van der Waals surface area contributed by atoms with Crippen LogP contribution in [0, 0.1) is 6.92 Å². The second-order valence-corrected chi connectivity index (χ2v) is 6.52. The quantitative estimate of drug-likeness (QED) is 0.724. The van der Waals surface area contributed by atoms with Crippen LogP contribution in [-0.2, 0) is 20.9 Å². The Kier molecular flexibility index (Phi) is 7.23. The van der Waals surface area contributed by atoms with Crippen molar-refractivity contribution in [2.45, 2.75) is 26.5 Å². The van der Waals surface area contributed by atoms with Gasteiger partial charge in [-0.2, -0.15) is 0 Å². The highest BCUT2D eigenvalue weighted by molar-refractivity contribution is 5.82. The van der Waals surface area contributed by atoms with Gasteiger partial charge >= 0.3 is 5.97 Å². The fraction of sp³-hybridized carbons (Fsp3) is 0.333. The maximum Gasteiger partial charge on any atom is 0.347 e. The van der Waals surface area contributed by atoms with Crippen LogP contribution in [-0.4, -0.2) is 38.7 Å². The summed E-state index contributed by atoms with van der Waals surface area (Å²) in [4.78, 5) is 25.9. The zero-order valence-corrected chi connectivity index (χ0v) is 16.2. The van der Waals surface area contributed by atoms with Gasteiger partial charge in [0, 0.05) is 26.3 Å². The number of esters is 1. The molecule has 1 N–H and O–H groups in total. The first-order chi connectivity index (χ1) is 12.8. The third-order valence-corrected chi connectivity index (χ3v) is 3.92. The van der Waals surface area contributed by atoms with Crippen LogP contribution in [0.1, 0.15) is 18.1 Å². The Morgan fingerprint density at radius 3 is 2.44 bits per heavy atom. The van der Waals surface area contributed by atoms with E-state index in [1.165, 1.54) is 0 Å². The standard InChI is InChI=1S/C21H26N2O4/c1-15-6-5-7-19(12-15)27-16(2)21(25)26-14-20(24)22-13-17-8-10-18(11-9-17)23(3)4/h5-12,16H,13-14H2,1-4H3,(H,22,24)/t16-/m1/s1. The summed E-state index contributed by atoms with van der Waals surface area (Å²) in [5.74, 6) is -0.352. The highest BCUT2D eigenvalue weighted by Gasteiger charge is 2.17. The number of aryl methyl sites for hydroxylation is 1. The predicted molar refractivity (Wildman–Crippen MR) is 105 cm³/mol. The van der Waals surface area contributed by atoms with Gasteiger partial charge in [-0.3, -0.25) is 4.79 Å². The normalized spacial score (nSPS) is 11.4. The number of nitrogens with zero attached hydrogens (tertiary/aromatic N) is 1. The molecule has 0 radical (unpaired) electrons. The van der Waals surface area contributed by atoms with E-state index in [9.17, 15) is 9.59 Å². The summed E-state index contributed by atoms with van der Waals surface area (Å²) in [5, 5.41) is 2.73. The van der Waals surface area contributed by atoms with Crippen LogP contribution >= 0.6 is 0 Å². The Morgan fingerprint density at radius 2 is 1.81 bits per heavy atom.